The van der Waals surface area contributed by atoms with Crippen molar-refractivity contribution in [1.29, 1.82) is 0 Å². The van der Waals surface area contributed by atoms with Crippen LogP contribution in [0.4, 0.5) is 17.1 Å². The molecule has 0 amide bonds. The van der Waals surface area contributed by atoms with Crippen molar-refractivity contribution < 1.29 is 0 Å². The lowest BCUT2D eigenvalue weighted by Gasteiger charge is -2.52. The van der Waals surface area contributed by atoms with E-state index >= 15 is 0 Å². The number of rotatable bonds is 6. The lowest BCUT2D eigenvalue weighted by atomic mass is 9.62. The van der Waals surface area contributed by atoms with Gasteiger partial charge in [-0.3, -0.25) is 0 Å². The van der Waals surface area contributed by atoms with Crippen LogP contribution in [-0.2, 0) is 6.42 Å². The molecule has 0 bridgehead atoms. The van der Waals surface area contributed by atoms with Gasteiger partial charge in [-0.1, -0.05) is 64.4 Å². The molecule has 2 unspecified atom stereocenters. The molecule has 27 heavy (non-hydrogen) atoms. The van der Waals surface area contributed by atoms with Crippen LogP contribution in [0.2, 0.25) is 0 Å². The monoisotopic (exact) mass is 362 g/mol. The molecular formula is C25H34N2. The fraction of sp³-hybridized carbons (Fsp3) is 0.520. The van der Waals surface area contributed by atoms with E-state index in [1.165, 1.54) is 60.3 Å². The van der Waals surface area contributed by atoms with Gasteiger partial charge in [0.25, 0.3) is 0 Å². The van der Waals surface area contributed by atoms with Crippen molar-refractivity contribution >= 4 is 17.1 Å². The van der Waals surface area contributed by atoms with Crippen LogP contribution in [0.3, 0.4) is 0 Å². The Morgan fingerprint density at radius 3 is 2.37 bits per heavy atom. The summed E-state index contributed by atoms with van der Waals surface area (Å²) in [6.45, 7) is 9.43. The van der Waals surface area contributed by atoms with Gasteiger partial charge in [-0.2, -0.15) is 0 Å². The zero-order chi connectivity index (χ0) is 19.0. The number of para-hydroxylation sites is 2. The van der Waals surface area contributed by atoms with Crippen molar-refractivity contribution in [3.8, 4) is 0 Å². The molecule has 2 heterocycles. The van der Waals surface area contributed by atoms with Crippen molar-refractivity contribution in [3.63, 3.8) is 0 Å². The van der Waals surface area contributed by atoms with Crippen LogP contribution in [0, 0.1) is 5.41 Å². The molecule has 2 aromatic carbocycles. The van der Waals surface area contributed by atoms with Gasteiger partial charge in [-0.15, -0.1) is 0 Å². The van der Waals surface area contributed by atoms with Crippen LogP contribution < -0.4 is 10.2 Å². The minimum absolute atomic E-state index is 0.254. The Labute approximate surface area is 165 Å². The summed E-state index contributed by atoms with van der Waals surface area (Å²) < 4.78 is 0. The minimum Gasteiger partial charge on any atom is -0.363 e. The molecule has 0 fully saturated rings. The summed E-state index contributed by atoms with van der Waals surface area (Å²) >= 11 is 0. The van der Waals surface area contributed by atoms with E-state index < -0.39 is 0 Å². The molecule has 4 rings (SSSR count). The lowest BCUT2D eigenvalue weighted by Crippen LogP contribution is -2.53. The van der Waals surface area contributed by atoms with Crippen LogP contribution in [0.5, 0.6) is 0 Å². The second-order valence-electron chi connectivity index (χ2n) is 8.29. The van der Waals surface area contributed by atoms with E-state index in [0.29, 0.717) is 12.1 Å². The topological polar surface area (TPSA) is 15.3 Å². The third kappa shape index (κ3) is 2.60. The Morgan fingerprint density at radius 1 is 0.926 bits per heavy atom. The van der Waals surface area contributed by atoms with E-state index in [1.54, 1.807) is 0 Å². The van der Waals surface area contributed by atoms with Gasteiger partial charge < -0.3 is 10.2 Å². The Balaban J connectivity index is 1.91. The van der Waals surface area contributed by atoms with E-state index in [1.807, 2.05) is 0 Å². The number of aryl methyl sites for hydroxylation is 1. The van der Waals surface area contributed by atoms with Gasteiger partial charge in [-0.05, 0) is 61.3 Å². The summed E-state index contributed by atoms with van der Waals surface area (Å²) in [4.78, 5) is 2.62. The average molecular weight is 363 g/mol. The lowest BCUT2D eigenvalue weighted by molar-refractivity contribution is 0.154. The molecule has 0 radical (unpaired) electrons. The molecule has 144 valence electrons. The minimum atomic E-state index is 0.254. The number of hydrogen-bond acceptors (Lipinski definition) is 2. The molecule has 2 heteroatoms. The molecule has 2 aliphatic heterocycles. The Bertz CT molecular complexity index is 806. The van der Waals surface area contributed by atoms with Crippen LogP contribution in [0.25, 0.3) is 0 Å². The van der Waals surface area contributed by atoms with Crippen LogP contribution in [0.15, 0.2) is 42.5 Å². The highest BCUT2D eigenvalue weighted by atomic mass is 15.4. The number of anilines is 3. The SMILES string of the molecule is CCCCc1cccc2c1NC1N2c2ccccc2C(CC)C1(CC)CC. The quantitative estimate of drug-likeness (QED) is 0.583. The molecule has 0 saturated carbocycles. The maximum absolute atomic E-state index is 4.04. The third-order valence-electron chi connectivity index (χ3n) is 7.26. The molecule has 1 N–H and O–H groups in total. The number of nitrogens with zero attached hydrogens (tertiary/aromatic N) is 1. The highest BCUT2D eigenvalue weighted by Crippen LogP contribution is 2.60. The summed E-state index contributed by atoms with van der Waals surface area (Å²) in [6.07, 6.45) is 7.60. The van der Waals surface area contributed by atoms with Crippen LogP contribution in [-0.4, -0.2) is 6.17 Å². The number of hydrogen-bond donors (Lipinski definition) is 1. The molecule has 2 aromatic rings. The van der Waals surface area contributed by atoms with Gasteiger partial charge in [0.2, 0.25) is 0 Å². The van der Waals surface area contributed by atoms with Gasteiger partial charge in [0.15, 0.2) is 0 Å². The first-order valence-corrected chi connectivity index (χ1v) is 11.0. The molecule has 2 aliphatic rings. The van der Waals surface area contributed by atoms with Gasteiger partial charge in [0.05, 0.1) is 11.4 Å². The number of benzene rings is 2. The zero-order valence-corrected chi connectivity index (χ0v) is 17.4. The summed E-state index contributed by atoms with van der Waals surface area (Å²) in [6, 6.07) is 16.0. The van der Waals surface area contributed by atoms with Crippen molar-refractivity contribution in [2.24, 2.45) is 5.41 Å². The summed E-state index contributed by atoms with van der Waals surface area (Å²) in [5.74, 6) is 0.603. The maximum Gasteiger partial charge on any atom is 0.110 e. The van der Waals surface area contributed by atoms with E-state index in [9.17, 15) is 0 Å². The zero-order valence-electron chi connectivity index (χ0n) is 17.4. The van der Waals surface area contributed by atoms with Gasteiger partial charge in [-0.25, -0.2) is 0 Å². The molecule has 0 saturated heterocycles. The molecule has 2 atom stereocenters. The predicted octanol–water partition coefficient (Wildman–Crippen LogP) is 7.23. The molecule has 0 spiro atoms. The fourth-order valence-corrected chi connectivity index (χ4v) is 5.80. The maximum atomic E-state index is 4.04. The van der Waals surface area contributed by atoms with E-state index in [4.69, 9.17) is 0 Å². The predicted molar refractivity (Wildman–Crippen MR) is 117 cm³/mol. The van der Waals surface area contributed by atoms with Crippen LogP contribution in [0.1, 0.15) is 76.8 Å². The standard InChI is InChI=1S/C25H34N2/c1-5-9-13-18-14-12-17-22-23(18)26-24-25(7-3,8-4)20(6-2)19-15-10-11-16-21(19)27(22)24/h10-12,14-17,20,24,26H,5-9,13H2,1-4H3. The molecule has 0 aliphatic carbocycles. The van der Waals surface area contributed by atoms with Crippen LogP contribution >= 0.6 is 0 Å². The fourth-order valence-electron chi connectivity index (χ4n) is 5.80. The number of nitrogens with one attached hydrogen (secondary N) is 1. The Kier molecular flexibility index (Phi) is 4.92. The molecule has 2 nitrogen and oxygen atoms in total. The normalized spacial score (nSPS) is 22.0. The average Bonchev–Trinajstić information content (AvgIpc) is 3.12. The summed E-state index contributed by atoms with van der Waals surface area (Å²) in [7, 11) is 0. The highest BCUT2D eigenvalue weighted by Gasteiger charge is 2.53. The summed E-state index contributed by atoms with van der Waals surface area (Å²) in [5.41, 5.74) is 7.44. The summed E-state index contributed by atoms with van der Waals surface area (Å²) in [5, 5.41) is 4.04. The number of unbranched alkanes of at least 4 members (excludes halogenated alkanes) is 1. The molecule has 0 aromatic heterocycles. The first-order chi connectivity index (χ1) is 13.2. The first-order valence-electron chi connectivity index (χ1n) is 11.0. The van der Waals surface area contributed by atoms with E-state index in [2.05, 4.69) is 80.4 Å². The van der Waals surface area contributed by atoms with Crippen molar-refractivity contribution in [2.45, 2.75) is 78.3 Å². The smallest absolute Gasteiger partial charge is 0.110 e. The second kappa shape index (κ2) is 7.22. The Hall–Kier alpha value is -1.96. The van der Waals surface area contributed by atoms with Gasteiger partial charge >= 0.3 is 0 Å². The van der Waals surface area contributed by atoms with Crippen molar-refractivity contribution in [3.05, 3.63) is 53.6 Å². The van der Waals surface area contributed by atoms with E-state index in [0.717, 1.165) is 6.42 Å². The Morgan fingerprint density at radius 2 is 1.67 bits per heavy atom. The van der Waals surface area contributed by atoms with E-state index in [-0.39, 0.29) is 5.41 Å². The number of fused-ring (bicyclic) bond motifs is 5. The first kappa shape index (κ1) is 18.4. The highest BCUT2D eigenvalue weighted by molar-refractivity contribution is 5.87. The van der Waals surface area contributed by atoms with Crippen molar-refractivity contribution in [2.75, 3.05) is 10.2 Å². The van der Waals surface area contributed by atoms with Gasteiger partial charge in [0.1, 0.15) is 6.17 Å². The van der Waals surface area contributed by atoms with Crippen molar-refractivity contribution in [1.82, 2.24) is 0 Å². The second-order valence-corrected chi connectivity index (χ2v) is 8.29. The largest absolute Gasteiger partial charge is 0.363 e. The van der Waals surface area contributed by atoms with Gasteiger partial charge in [0, 0.05) is 11.1 Å². The molecular weight excluding hydrogens is 328 g/mol. The third-order valence-corrected chi connectivity index (χ3v) is 7.26.